The van der Waals surface area contributed by atoms with Gasteiger partial charge in [-0.05, 0) is 50.5 Å². The van der Waals surface area contributed by atoms with Crippen LogP contribution in [0.15, 0.2) is 53.7 Å². The van der Waals surface area contributed by atoms with Gasteiger partial charge in [0.1, 0.15) is 5.82 Å². The second-order valence-corrected chi connectivity index (χ2v) is 8.70. The minimum atomic E-state index is -2.92. The van der Waals surface area contributed by atoms with Crippen LogP contribution in [0.3, 0.4) is 0 Å². The minimum Gasteiger partial charge on any atom is -0.462 e. The number of nitrogens with one attached hydrogen (secondary N) is 3. The first-order valence-corrected chi connectivity index (χ1v) is 12.1. The van der Waals surface area contributed by atoms with Crippen LogP contribution in [0.2, 0.25) is 0 Å². The van der Waals surface area contributed by atoms with Gasteiger partial charge in [-0.1, -0.05) is 6.07 Å². The fraction of sp³-hybridized carbons (Fsp3) is 0.320. The number of hydrogen-bond acceptors (Lipinski definition) is 9. The molecular formula is C25H25F2N7O4. The SMILES string of the molecule is CCOC(=O)c1cccc2c1[nH]c(=O)n2-c1ccc(N[C@H]2CC[C@H](Nc3ncc(OC(F)F)cn3)C2)nc1. The summed E-state index contributed by atoms with van der Waals surface area (Å²) in [6.45, 7) is -0.968. The number of rotatable bonds is 9. The predicted octanol–water partition coefficient (Wildman–Crippen LogP) is 3.73. The first-order chi connectivity index (χ1) is 18.4. The zero-order valence-electron chi connectivity index (χ0n) is 20.4. The van der Waals surface area contributed by atoms with Gasteiger partial charge in [0.15, 0.2) is 5.75 Å². The number of hydrogen-bond donors (Lipinski definition) is 3. The summed E-state index contributed by atoms with van der Waals surface area (Å²) < 4.78 is 35.4. The Labute approximate surface area is 215 Å². The number of pyridine rings is 1. The number of alkyl halides is 2. The molecule has 4 aromatic rings. The number of fused-ring (bicyclic) bond motifs is 1. The van der Waals surface area contributed by atoms with E-state index in [2.05, 4.69) is 35.3 Å². The molecule has 1 aromatic carbocycles. The third-order valence-corrected chi connectivity index (χ3v) is 6.19. The molecule has 3 N–H and O–H groups in total. The zero-order chi connectivity index (χ0) is 26.6. The van der Waals surface area contributed by atoms with E-state index in [9.17, 15) is 18.4 Å². The van der Waals surface area contributed by atoms with Crippen molar-refractivity contribution in [2.45, 2.75) is 44.9 Å². The number of aromatic nitrogens is 5. The largest absolute Gasteiger partial charge is 0.462 e. The van der Waals surface area contributed by atoms with E-state index in [0.717, 1.165) is 19.3 Å². The Hall–Kier alpha value is -4.55. The quantitative estimate of drug-likeness (QED) is 0.279. The van der Waals surface area contributed by atoms with E-state index >= 15 is 0 Å². The summed E-state index contributed by atoms with van der Waals surface area (Å²) in [5, 5.41) is 6.61. The van der Waals surface area contributed by atoms with E-state index in [-0.39, 0.29) is 30.1 Å². The number of esters is 1. The number of ether oxygens (including phenoxy) is 2. The van der Waals surface area contributed by atoms with E-state index in [0.29, 0.717) is 34.1 Å². The molecule has 0 aliphatic heterocycles. The molecule has 0 radical (unpaired) electrons. The van der Waals surface area contributed by atoms with Crippen LogP contribution in [-0.2, 0) is 4.74 Å². The van der Waals surface area contributed by atoms with Crippen molar-refractivity contribution < 1.29 is 23.0 Å². The maximum atomic E-state index is 12.7. The van der Waals surface area contributed by atoms with Crippen LogP contribution in [0.4, 0.5) is 20.5 Å². The summed E-state index contributed by atoms with van der Waals surface area (Å²) in [6.07, 6.45) is 6.52. The van der Waals surface area contributed by atoms with Crippen LogP contribution in [0.5, 0.6) is 5.75 Å². The second kappa shape index (κ2) is 10.8. The molecule has 0 saturated heterocycles. The van der Waals surface area contributed by atoms with Gasteiger partial charge in [-0.2, -0.15) is 8.78 Å². The Kier molecular flexibility index (Phi) is 7.15. The third-order valence-electron chi connectivity index (χ3n) is 6.19. The maximum absolute atomic E-state index is 12.7. The number of benzene rings is 1. The highest BCUT2D eigenvalue weighted by atomic mass is 19.3. The average Bonchev–Trinajstić information content (AvgIpc) is 3.48. The van der Waals surface area contributed by atoms with Gasteiger partial charge in [0.05, 0.1) is 47.5 Å². The molecule has 2 atom stereocenters. The summed E-state index contributed by atoms with van der Waals surface area (Å²) >= 11 is 0. The van der Waals surface area contributed by atoms with E-state index in [1.165, 1.54) is 17.0 Å². The van der Waals surface area contributed by atoms with Gasteiger partial charge < -0.3 is 25.1 Å². The standard InChI is InChI=1S/C25H25F2N7O4/c1-2-37-22(35)18-4-3-5-19-21(18)33-25(36)34(19)16-8-9-20(28-11-16)31-14-6-7-15(10-14)32-24-29-12-17(13-30-24)38-23(26)27/h3-5,8-9,11-15,23H,2,6-7,10H2,1H3,(H,28,31)(H,33,36)(H,29,30,32)/t14-,15-/m0/s1. The van der Waals surface area contributed by atoms with Crippen LogP contribution < -0.4 is 21.1 Å². The number of aromatic amines is 1. The van der Waals surface area contributed by atoms with Gasteiger partial charge in [-0.3, -0.25) is 4.57 Å². The number of carbonyl (C=O) groups is 1. The highest BCUT2D eigenvalue weighted by Crippen LogP contribution is 2.26. The normalized spacial score (nSPS) is 17.1. The first-order valence-electron chi connectivity index (χ1n) is 12.1. The fourth-order valence-electron chi connectivity index (χ4n) is 4.56. The molecule has 3 aromatic heterocycles. The lowest BCUT2D eigenvalue weighted by Crippen LogP contribution is -2.22. The molecule has 198 valence electrons. The van der Waals surface area contributed by atoms with Gasteiger partial charge in [0.25, 0.3) is 0 Å². The van der Waals surface area contributed by atoms with Crippen molar-refractivity contribution in [3.8, 4) is 11.4 Å². The van der Waals surface area contributed by atoms with Crippen LogP contribution in [-0.4, -0.2) is 55.8 Å². The van der Waals surface area contributed by atoms with E-state index in [1.54, 1.807) is 43.5 Å². The van der Waals surface area contributed by atoms with Crippen molar-refractivity contribution in [3.05, 3.63) is 65.0 Å². The maximum Gasteiger partial charge on any atom is 0.387 e. The first kappa shape index (κ1) is 25.1. The number of carbonyl (C=O) groups excluding carboxylic acids is 1. The Balaban J connectivity index is 1.23. The van der Waals surface area contributed by atoms with Gasteiger partial charge in [0.2, 0.25) is 5.95 Å². The molecular weight excluding hydrogens is 500 g/mol. The summed E-state index contributed by atoms with van der Waals surface area (Å²) in [5.41, 5.74) is 1.40. The highest BCUT2D eigenvalue weighted by molar-refractivity contribution is 6.02. The second-order valence-electron chi connectivity index (χ2n) is 8.70. The summed E-state index contributed by atoms with van der Waals surface area (Å²) in [6, 6.07) is 8.88. The Morgan fingerprint density at radius 3 is 2.55 bits per heavy atom. The molecule has 1 aliphatic carbocycles. The minimum absolute atomic E-state index is 0.0969. The molecule has 38 heavy (non-hydrogen) atoms. The molecule has 3 heterocycles. The van der Waals surface area contributed by atoms with Crippen LogP contribution >= 0.6 is 0 Å². The van der Waals surface area contributed by atoms with E-state index in [1.807, 2.05) is 0 Å². The fourth-order valence-corrected chi connectivity index (χ4v) is 4.56. The average molecular weight is 526 g/mol. The lowest BCUT2D eigenvalue weighted by molar-refractivity contribution is -0.0503. The molecule has 0 spiro atoms. The van der Waals surface area contributed by atoms with Gasteiger partial charge >= 0.3 is 18.3 Å². The molecule has 11 nitrogen and oxygen atoms in total. The number of imidazole rings is 1. The topological polar surface area (TPSA) is 136 Å². The Bertz CT molecular complexity index is 1470. The lowest BCUT2D eigenvalue weighted by atomic mass is 10.2. The summed E-state index contributed by atoms with van der Waals surface area (Å²) in [4.78, 5) is 40.3. The van der Waals surface area contributed by atoms with Crippen molar-refractivity contribution >= 4 is 28.8 Å². The number of anilines is 2. The van der Waals surface area contributed by atoms with Crippen LogP contribution in [0.1, 0.15) is 36.5 Å². The van der Waals surface area contributed by atoms with Crippen LogP contribution in [0.25, 0.3) is 16.7 Å². The van der Waals surface area contributed by atoms with Crippen molar-refractivity contribution in [2.75, 3.05) is 17.2 Å². The van der Waals surface area contributed by atoms with E-state index < -0.39 is 12.6 Å². The molecule has 1 saturated carbocycles. The monoisotopic (exact) mass is 525 g/mol. The van der Waals surface area contributed by atoms with Crippen molar-refractivity contribution in [1.29, 1.82) is 0 Å². The Morgan fingerprint density at radius 1 is 1.11 bits per heavy atom. The summed E-state index contributed by atoms with van der Waals surface area (Å²) in [5.74, 6) is 0.400. The van der Waals surface area contributed by atoms with E-state index in [4.69, 9.17) is 4.74 Å². The molecule has 0 unspecified atom stereocenters. The van der Waals surface area contributed by atoms with Crippen molar-refractivity contribution in [1.82, 2.24) is 24.5 Å². The third kappa shape index (κ3) is 5.41. The number of H-pyrrole nitrogens is 1. The lowest BCUT2D eigenvalue weighted by Gasteiger charge is -2.15. The molecule has 1 aliphatic rings. The smallest absolute Gasteiger partial charge is 0.387 e. The number of para-hydroxylation sites is 1. The summed E-state index contributed by atoms with van der Waals surface area (Å²) in [7, 11) is 0. The van der Waals surface area contributed by atoms with Crippen molar-refractivity contribution in [2.24, 2.45) is 0 Å². The van der Waals surface area contributed by atoms with Crippen LogP contribution in [0, 0.1) is 0 Å². The van der Waals surface area contributed by atoms with Gasteiger partial charge in [-0.25, -0.2) is 24.5 Å². The molecule has 5 rings (SSSR count). The molecule has 0 bridgehead atoms. The highest BCUT2D eigenvalue weighted by Gasteiger charge is 2.25. The zero-order valence-corrected chi connectivity index (χ0v) is 20.4. The Morgan fingerprint density at radius 2 is 1.87 bits per heavy atom. The molecule has 13 heteroatoms. The van der Waals surface area contributed by atoms with Gasteiger partial charge in [-0.15, -0.1) is 0 Å². The van der Waals surface area contributed by atoms with Crippen molar-refractivity contribution in [3.63, 3.8) is 0 Å². The number of nitrogens with zero attached hydrogens (tertiary/aromatic N) is 4. The van der Waals surface area contributed by atoms with Gasteiger partial charge in [0, 0.05) is 12.1 Å². The predicted molar refractivity (Wildman–Crippen MR) is 135 cm³/mol. The molecule has 1 fully saturated rings. The molecule has 0 amide bonds. The number of halogens is 2.